The summed E-state index contributed by atoms with van der Waals surface area (Å²) in [6.07, 6.45) is -0.786. The number of aromatic nitrogens is 6. The number of rotatable bonds is 0. The first-order chi connectivity index (χ1) is 18.3. The van der Waals surface area contributed by atoms with Crippen molar-refractivity contribution in [2.24, 2.45) is 25.7 Å². The fraction of sp³-hybridized carbons (Fsp3) is 0.0500. The average Bonchev–Trinajstić information content (AvgIpc) is 3.66. The number of fused-ring (bicyclic) bond motifs is 8. The van der Waals surface area contributed by atoms with Crippen LogP contribution in [0.5, 0.6) is 0 Å². The van der Waals surface area contributed by atoms with Crippen LogP contribution in [0, 0.1) is 23.3 Å². The number of aliphatic imine (C=N–C) groups is 1. The molecule has 0 spiro atoms. The molecule has 0 fully saturated rings. The van der Waals surface area contributed by atoms with E-state index in [9.17, 15) is 27.2 Å². The van der Waals surface area contributed by atoms with Gasteiger partial charge in [-0.25, -0.2) is 27.5 Å². The molecule has 0 saturated carbocycles. The lowest BCUT2D eigenvalue weighted by atomic mass is 10.1. The maximum atomic E-state index is 13.3. The molecule has 2 aliphatic carbocycles. The highest BCUT2D eigenvalue weighted by molar-refractivity contribution is 6.78. The van der Waals surface area contributed by atoms with Crippen molar-refractivity contribution in [3.8, 4) is 11.3 Å². The molecule has 2 aromatic carbocycles. The van der Waals surface area contributed by atoms with E-state index >= 15 is 0 Å². The van der Waals surface area contributed by atoms with E-state index in [0.717, 1.165) is 33.7 Å². The minimum Gasteiger partial charge on any atom is -0.287 e. The van der Waals surface area contributed by atoms with E-state index in [0.29, 0.717) is 0 Å². The summed E-state index contributed by atoms with van der Waals surface area (Å²) in [5.74, 6) is -5.26. The number of Topliss-reactive ketones (excluding diaryl/α,β-unsaturated/α-hetero) is 1. The quantitative estimate of drug-likeness (QED) is 0.221. The number of benzene rings is 2. The molecule has 0 amide bonds. The van der Waals surface area contributed by atoms with Crippen LogP contribution in [0.15, 0.2) is 49.9 Å². The van der Waals surface area contributed by atoms with E-state index in [2.05, 4.69) is 51.3 Å². The molecule has 0 radical (unpaired) electrons. The second-order valence-corrected chi connectivity index (χ2v) is 7.95. The first-order valence-corrected chi connectivity index (χ1v) is 10.4. The molecule has 0 N–H and O–H groups in total. The molecule has 1 atom stereocenters. The Kier molecular flexibility index (Phi) is 4.27. The third-order valence-corrected chi connectivity index (χ3v) is 5.78. The normalized spacial score (nSPS) is 17.7. The zero-order valence-electron chi connectivity index (χ0n) is 18.1. The van der Waals surface area contributed by atoms with Gasteiger partial charge in [-0.2, -0.15) is 0 Å². The zero-order valence-corrected chi connectivity index (χ0v) is 18.1. The average molecular weight is 521 g/mol. The number of hydrogen-bond donors (Lipinski definition) is 0. The van der Waals surface area contributed by atoms with Gasteiger partial charge in [0.05, 0.1) is 0 Å². The van der Waals surface area contributed by atoms with Gasteiger partial charge in [0.15, 0.2) is 39.9 Å². The standard InChI is InChI=1S/C10H3F2N6O.C10H2F2N6O/c2*11-5-1-3-4(2-6(5)12)9(19)8-7(3)13-10-14-16-17-18(10)15-8/h1-2,10H;1-2H/q+1;. The fourth-order valence-electron chi connectivity index (χ4n) is 4.09. The monoisotopic (exact) mass is 521 g/mol. The summed E-state index contributed by atoms with van der Waals surface area (Å²) in [4.78, 5) is 33.3. The second-order valence-electron chi connectivity index (χ2n) is 7.95. The van der Waals surface area contributed by atoms with Gasteiger partial charge >= 0.3 is 6.29 Å². The maximum Gasteiger partial charge on any atom is 0.374 e. The SMILES string of the molecule is O=C1C2=N[N+]3=NN=NC3N=C2c2cc(F)c(F)cc21.O=C1c2cc(F)c(F)cc2-c2nc3nnnn3nc21. The summed E-state index contributed by atoms with van der Waals surface area (Å²) in [6, 6.07) is 3.54. The van der Waals surface area contributed by atoms with Crippen molar-refractivity contribution in [2.75, 3.05) is 0 Å². The van der Waals surface area contributed by atoms with Crippen molar-refractivity contribution in [3.63, 3.8) is 0 Å². The Morgan fingerprint density at radius 3 is 2.18 bits per heavy atom. The van der Waals surface area contributed by atoms with Crippen molar-refractivity contribution in [2.45, 2.75) is 6.29 Å². The molecule has 4 aromatic rings. The molecule has 1 unspecified atom stereocenters. The number of carbonyl (C=O) groups excluding carboxylic acids is 2. The Hall–Kier alpha value is -5.55. The van der Waals surface area contributed by atoms with Crippen LogP contribution in [0.4, 0.5) is 17.6 Å². The third kappa shape index (κ3) is 2.96. The molecule has 0 bridgehead atoms. The summed E-state index contributed by atoms with van der Waals surface area (Å²) in [5, 5.41) is 28.9. The molecule has 184 valence electrons. The smallest absolute Gasteiger partial charge is 0.287 e. The highest BCUT2D eigenvalue weighted by Gasteiger charge is 2.42. The van der Waals surface area contributed by atoms with Gasteiger partial charge in [-0.15, -0.1) is 5.10 Å². The van der Waals surface area contributed by atoms with E-state index in [1.807, 2.05) is 0 Å². The third-order valence-electron chi connectivity index (χ3n) is 5.78. The van der Waals surface area contributed by atoms with E-state index in [1.54, 1.807) is 0 Å². The maximum absolute atomic E-state index is 13.3. The van der Waals surface area contributed by atoms with Gasteiger partial charge in [-0.1, -0.05) is 14.8 Å². The summed E-state index contributed by atoms with van der Waals surface area (Å²) in [5.41, 5.74) is 0.774. The lowest BCUT2D eigenvalue weighted by Crippen LogP contribution is -2.28. The minimum atomic E-state index is -1.09. The number of tetrazole rings is 1. The Morgan fingerprint density at radius 2 is 1.45 bits per heavy atom. The van der Waals surface area contributed by atoms with E-state index in [-0.39, 0.29) is 50.8 Å². The van der Waals surface area contributed by atoms with E-state index in [1.165, 1.54) is 0 Å². The molecule has 4 heterocycles. The topological polar surface area (TPSA) is 168 Å². The Labute approximate surface area is 204 Å². The number of nitrogens with zero attached hydrogens (tertiary/aromatic N) is 12. The molecule has 2 aromatic heterocycles. The number of hydrazone groups is 1. The second kappa shape index (κ2) is 7.48. The van der Waals surface area contributed by atoms with Crippen molar-refractivity contribution in [1.82, 2.24) is 30.2 Å². The molecule has 8 rings (SSSR count). The largest absolute Gasteiger partial charge is 0.374 e. The van der Waals surface area contributed by atoms with Crippen LogP contribution in [0.3, 0.4) is 0 Å². The Balaban J connectivity index is 0.000000127. The Morgan fingerprint density at radius 1 is 0.789 bits per heavy atom. The van der Waals surface area contributed by atoms with Crippen LogP contribution in [-0.4, -0.2) is 64.3 Å². The van der Waals surface area contributed by atoms with Crippen molar-refractivity contribution in [3.05, 3.63) is 69.9 Å². The lowest BCUT2D eigenvalue weighted by molar-refractivity contribution is -0.623. The lowest BCUT2D eigenvalue weighted by Gasteiger charge is -2.05. The first kappa shape index (κ1) is 21.7. The van der Waals surface area contributed by atoms with Crippen LogP contribution in [0.25, 0.3) is 17.0 Å². The van der Waals surface area contributed by atoms with Crippen molar-refractivity contribution in [1.29, 1.82) is 0 Å². The Bertz CT molecular complexity index is 1930. The molecule has 2 aliphatic heterocycles. The molecule has 38 heavy (non-hydrogen) atoms. The van der Waals surface area contributed by atoms with Crippen LogP contribution >= 0.6 is 0 Å². The van der Waals surface area contributed by atoms with Gasteiger partial charge in [0.1, 0.15) is 11.4 Å². The van der Waals surface area contributed by atoms with Crippen LogP contribution in [0.2, 0.25) is 0 Å². The summed E-state index contributed by atoms with van der Waals surface area (Å²) < 4.78 is 53.9. The van der Waals surface area contributed by atoms with Gasteiger partial charge in [0.2, 0.25) is 16.8 Å². The van der Waals surface area contributed by atoms with Gasteiger partial charge in [-0.05, 0) is 34.7 Å². The molecular formula is C20H5F4N12O2+. The first-order valence-electron chi connectivity index (χ1n) is 10.4. The molecule has 18 heteroatoms. The number of ketones is 2. The highest BCUT2D eigenvalue weighted by Crippen LogP contribution is 2.35. The minimum absolute atomic E-state index is 0.00713. The molecule has 4 aliphatic rings. The highest BCUT2D eigenvalue weighted by atomic mass is 19.2. The summed E-state index contributed by atoms with van der Waals surface area (Å²) in [6.45, 7) is 0. The predicted molar refractivity (Wildman–Crippen MR) is 111 cm³/mol. The molecule has 14 nitrogen and oxygen atoms in total. The summed E-state index contributed by atoms with van der Waals surface area (Å²) >= 11 is 0. The number of carbonyl (C=O) groups is 2. The van der Waals surface area contributed by atoms with Crippen LogP contribution in [-0.2, 0) is 0 Å². The summed E-state index contributed by atoms with van der Waals surface area (Å²) in [7, 11) is 0. The van der Waals surface area contributed by atoms with Crippen LogP contribution < -0.4 is 0 Å². The zero-order chi connectivity index (χ0) is 26.3. The molecule has 0 saturated heterocycles. The predicted octanol–water partition coefficient (Wildman–Crippen LogP) is 1.85. The number of halogens is 4. The van der Waals surface area contributed by atoms with E-state index in [4.69, 9.17) is 0 Å². The van der Waals surface area contributed by atoms with E-state index < -0.39 is 41.1 Å². The van der Waals surface area contributed by atoms with Gasteiger partial charge in [-0.3, -0.25) is 9.59 Å². The number of hydrogen-bond acceptors (Lipinski definition) is 12. The van der Waals surface area contributed by atoms with Crippen LogP contribution in [0.1, 0.15) is 32.0 Å². The van der Waals surface area contributed by atoms with Gasteiger partial charge in [0, 0.05) is 32.2 Å². The fourth-order valence-corrected chi connectivity index (χ4v) is 4.09. The van der Waals surface area contributed by atoms with Crippen molar-refractivity contribution >= 4 is 28.8 Å². The van der Waals surface area contributed by atoms with Crippen molar-refractivity contribution < 1.29 is 32.0 Å². The molecular weight excluding hydrogens is 516 g/mol. The van der Waals surface area contributed by atoms with Gasteiger partial charge in [0.25, 0.3) is 5.78 Å². The van der Waals surface area contributed by atoms with Gasteiger partial charge < -0.3 is 0 Å².